The van der Waals surface area contributed by atoms with Crippen LogP contribution in [0.3, 0.4) is 0 Å². The lowest BCUT2D eigenvalue weighted by molar-refractivity contribution is -0.128. The molecule has 2 fully saturated rings. The van der Waals surface area contributed by atoms with Crippen LogP contribution in [0.25, 0.3) is 0 Å². The van der Waals surface area contributed by atoms with Crippen molar-refractivity contribution in [3.05, 3.63) is 18.2 Å². The van der Waals surface area contributed by atoms with Crippen molar-refractivity contribution >= 4 is 11.9 Å². The van der Waals surface area contributed by atoms with Crippen molar-refractivity contribution in [3.8, 4) is 0 Å². The Morgan fingerprint density at radius 3 is 2.87 bits per heavy atom. The van der Waals surface area contributed by atoms with E-state index < -0.39 is 6.04 Å². The molecule has 0 radical (unpaired) electrons. The van der Waals surface area contributed by atoms with Gasteiger partial charge in [0.25, 0.3) is 0 Å². The number of piperazine rings is 1. The highest BCUT2D eigenvalue weighted by Gasteiger charge is 2.35. The van der Waals surface area contributed by atoms with E-state index in [-0.39, 0.29) is 18.0 Å². The van der Waals surface area contributed by atoms with E-state index in [0.717, 1.165) is 18.9 Å². The van der Waals surface area contributed by atoms with E-state index in [1.807, 2.05) is 0 Å². The Morgan fingerprint density at radius 2 is 2.26 bits per heavy atom. The van der Waals surface area contributed by atoms with E-state index >= 15 is 0 Å². The van der Waals surface area contributed by atoms with Crippen molar-refractivity contribution in [2.24, 2.45) is 0 Å². The summed E-state index contributed by atoms with van der Waals surface area (Å²) in [7, 11) is 1.77. The number of nitrogens with zero attached hydrogens (tertiary/aromatic N) is 4. The first kappa shape index (κ1) is 15.8. The number of nitrogens with one attached hydrogen (secondary N) is 2. The summed E-state index contributed by atoms with van der Waals surface area (Å²) >= 11 is 0. The third-order valence-corrected chi connectivity index (χ3v) is 4.74. The molecular formula is C15H24N6O2. The molecule has 8 nitrogen and oxygen atoms in total. The second-order valence-corrected chi connectivity index (χ2v) is 6.12. The van der Waals surface area contributed by atoms with E-state index in [4.69, 9.17) is 0 Å². The molecule has 1 aromatic rings. The maximum absolute atomic E-state index is 12.5. The molecule has 8 heteroatoms. The molecule has 0 aliphatic carbocycles. The minimum atomic E-state index is -0.390. The van der Waals surface area contributed by atoms with Gasteiger partial charge in [0.1, 0.15) is 11.9 Å². The van der Waals surface area contributed by atoms with Crippen molar-refractivity contribution in [1.82, 2.24) is 30.0 Å². The number of amides is 3. The molecule has 1 aromatic heterocycles. The van der Waals surface area contributed by atoms with Gasteiger partial charge in [0, 0.05) is 45.6 Å². The van der Waals surface area contributed by atoms with Crippen molar-refractivity contribution in [2.75, 3.05) is 39.8 Å². The number of urea groups is 1. The molecule has 3 rings (SSSR count). The van der Waals surface area contributed by atoms with E-state index in [2.05, 4.69) is 27.1 Å². The second kappa shape index (κ2) is 6.57. The number of hydrogen-bond donors (Lipinski definition) is 2. The van der Waals surface area contributed by atoms with Crippen molar-refractivity contribution in [3.63, 3.8) is 0 Å². The third kappa shape index (κ3) is 3.17. The molecule has 126 valence electrons. The van der Waals surface area contributed by atoms with Gasteiger partial charge in [0.05, 0.1) is 6.04 Å². The van der Waals surface area contributed by atoms with Crippen LogP contribution >= 0.6 is 0 Å². The number of aromatic amines is 1. The fourth-order valence-corrected chi connectivity index (χ4v) is 3.30. The number of H-pyrrole nitrogens is 1. The third-order valence-electron chi connectivity index (χ3n) is 4.74. The molecule has 2 atom stereocenters. The topological polar surface area (TPSA) is 84.6 Å². The quantitative estimate of drug-likeness (QED) is 0.823. The molecule has 2 aliphatic rings. The van der Waals surface area contributed by atoms with Gasteiger partial charge in [-0.15, -0.1) is 0 Å². The van der Waals surface area contributed by atoms with Crippen LogP contribution in [0.1, 0.15) is 25.2 Å². The lowest BCUT2D eigenvalue weighted by Crippen LogP contribution is -2.55. The average Bonchev–Trinajstić information content (AvgIpc) is 3.20. The monoisotopic (exact) mass is 320 g/mol. The standard InChI is InChI=1S/C15H24N6O2/c1-3-20-8-9-21(10-12(20)13-16-5-6-17-13)15(23)18-11-4-7-19(2)14(11)22/h5-6,11-12H,3-4,7-10H2,1-2H3,(H,16,17)(H,18,23)/t11-,12+/m1/s1. The van der Waals surface area contributed by atoms with Gasteiger partial charge in [-0.3, -0.25) is 9.69 Å². The lowest BCUT2D eigenvalue weighted by Gasteiger charge is -2.40. The Hall–Kier alpha value is -2.09. The Morgan fingerprint density at radius 1 is 1.43 bits per heavy atom. The van der Waals surface area contributed by atoms with Crippen LogP contribution in [0.5, 0.6) is 0 Å². The maximum Gasteiger partial charge on any atom is 0.318 e. The molecule has 2 aliphatic heterocycles. The van der Waals surface area contributed by atoms with E-state index in [0.29, 0.717) is 26.1 Å². The molecule has 3 heterocycles. The van der Waals surface area contributed by atoms with Crippen molar-refractivity contribution in [2.45, 2.75) is 25.4 Å². The molecule has 0 bridgehead atoms. The first-order valence-corrected chi connectivity index (χ1v) is 8.14. The molecule has 0 unspecified atom stereocenters. The van der Waals surface area contributed by atoms with Crippen molar-refractivity contribution < 1.29 is 9.59 Å². The number of likely N-dealkylation sites (N-methyl/N-ethyl adjacent to an activating group) is 2. The molecule has 2 saturated heterocycles. The van der Waals surface area contributed by atoms with Gasteiger partial charge < -0.3 is 20.1 Å². The normalized spacial score (nSPS) is 25.9. The Bertz CT molecular complexity index is 560. The number of rotatable bonds is 3. The number of carbonyl (C=O) groups is 2. The predicted molar refractivity (Wildman–Crippen MR) is 84.7 cm³/mol. The molecule has 0 aromatic carbocycles. The molecular weight excluding hydrogens is 296 g/mol. The highest BCUT2D eigenvalue weighted by Crippen LogP contribution is 2.22. The average molecular weight is 320 g/mol. The van der Waals surface area contributed by atoms with Crippen LogP contribution in [-0.4, -0.2) is 82.4 Å². The number of imidazole rings is 1. The van der Waals surface area contributed by atoms with E-state index in [9.17, 15) is 9.59 Å². The van der Waals surface area contributed by atoms with Gasteiger partial charge >= 0.3 is 6.03 Å². The highest BCUT2D eigenvalue weighted by atomic mass is 16.2. The van der Waals surface area contributed by atoms with Crippen LogP contribution in [0.15, 0.2) is 12.4 Å². The summed E-state index contributed by atoms with van der Waals surface area (Å²) in [5, 5.41) is 2.87. The summed E-state index contributed by atoms with van der Waals surface area (Å²) in [4.78, 5) is 37.7. The summed E-state index contributed by atoms with van der Waals surface area (Å²) in [6, 6.07) is -0.485. The zero-order chi connectivity index (χ0) is 16.4. The zero-order valence-corrected chi connectivity index (χ0v) is 13.7. The van der Waals surface area contributed by atoms with Gasteiger partial charge in [-0.2, -0.15) is 0 Å². The van der Waals surface area contributed by atoms with Gasteiger partial charge in [0.2, 0.25) is 5.91 Å². The molecule has 0 saturated carbocycles. The predicted octanol–water partition coefficient (Wildman–Crippen LogP) is 0.0286. The Balaban J connectivity index is 1.64. The highest BCUT2D eigenvalue weighted by molar-refractivity contribution is 5.88. The summed E-state index contributed by atoms with van der Waals surface area (Å²) in [6.45, 7) is 5.75. The minimum absolute atomic E-state index is 0.00636. The van der Waals surface area contributed by atoms with Crippen LogP contribution in [0, 0.1) is 0 Å². The van der Waals surface area contributed by atoms with Crippen LogP contribution in [0.2, 0.25) is 0 Å². The molecule has 23 heavy (non-hydrogen) atoms. The van der Waals surface area contributed by atoms with Crippen LogP contribution in [-0.2, 0) is 4.79 Å². The summed E-state index contributed by atoms with van der Waals surface area (Å²) in [6.07, 6.45) is 4.21. The fourth-order valence-electron chi connectivity index (χ4n) is 3.30. The van der Waals surface area contributed by atoms with Gasteiger partial charge in [-0.05, 0) is 13.0 Å². The van der Waals surface area contributed by atoms with Crippen molar-refractivity contribution in [1.29, 1.82) is 0 Å². The number of hydrogen-bond acceptors (Lipinski definition) is 4. The molecule has 2 N–H and O–H groups in total. The van der Waals surface area contributed by atoms with E-state index in [1.165, 1.54) is 0 Å². The summed E-state index contributed by atoms with van der Waals surface area (Å²) in [5.41, 5.74) is 0. The molecule has 0 spiro atoms. The number of carbonyl (C=O) groups excluding carboxylic acids is 2. The second-order valence-electron chi connectivity index (χ2n) is 6.12. The fraction of sp³-hybridized carbons (Fsp3) is 0.667. The SMILES string of the molecule is CCN1CCN(C(=O)N[C@@H]2CCN(C)C2=O)C[C@H]1c1ncc[nH]1. The lowest BCUT2D eigenvalue weighted by atomic mass is 10.1. The van der Waals surface area contributed by atoms with E-state index in [1.54, 1.807) is 29.2 Å². The van der Waals surface area contributed by atoms with Gasteiger partial charge in [0.15, 0.2) is 0 Å². The van der Waals surface area contributed by atoms with Gasteiger partial charge in [-0.25, -0.2) is 9.78 Å². The molecule has 3 amide bonds. The number of likely N-dealkylation sites (tertiary alicyclic amines) is 1. The smallest absolute Gasteiger partial charge is 0.318 e. The minimum Gasteiger partial charge on any atom is -0.347 e. The largest absolute Gasteiger partial charge is 0.347 e. The maximum atomic E-state index is 12.5. The zero-order valence-electron chi connectivity index (χ0n) is 13.7. The Labute approximate surface area is 135 Å². The van der Waals surface area contributed by atoms with Crippen LogP contribution < -0.4 is 5.32 Å². The summed E-state index contributed by atoms with van der Waals surface area (Å²) in [5.74, 6) is 0.870. The first-order valence-electron chi connectivity index (χ1n) is 8.14. The van der Waals surface area contributed by atoms with Crippen LogP contribution in [0.4, 0.5) is 4.79 Å². The first-order chi connectivity index (χ1) is 11.1. The Kier molecular flexibility index (Phi) is 4.51. The summed E-state index contributed by atoms with van der Waals surface area (Å²) < 4.78 is 0. The van der Waals surface area contributed by atoms with Gasteiger partial charge in [-0.1, -0.05) is 6.92 Å². The number of aromatic nitrogens is 2.